The molecule has 0 aliphatic rings. The highest BCUT2D eigenvalue weighted by Crippen LogP contribution is 2.48. The van der Waals surface area contributed by atoms with Gasteiger partial charge in [-0.25, -0.2) is 9.97 Å². The molecule has 0 unspecified atom stereocenters. The minimum atomic E-state index is -0.663. The molecule has 0 saturated heterocycles. The molecule has 4 nitrogen and oxygen atoms in total. The molecule has 288 valence electrons. The molecular weight excluding hydrogens is 717 g/mol. The van der Waals surface area contributed by atoms with Crippen molar-refractivity contribution in [2.45, 2.75) is 46.0 Å². The maximum atomic E-state index is 5.36. The van der Waals surface area contributed by atoms with Gasteiger partial charge in [0.25, 0.3) is 0 Å². The van der Waals surface area contributed by atoms with Gasteiger partial charge in [0.15, 0.2) is 0 Å². The fourth-order valence-electron chi connectivity index (χ4n) is 9.44. The summed E-state index contributed by atoms with van der Waals surface area (Å²) in [5.74, 6) is 1.02. The fourth-order valence-corrected chi connectivity index (χ4v) is 9.44. The van der Waals surface area contributed by atoms with Crippen molar-refractivity contribution >= 4 is 43.9 Å². The summed E-state index contributed by atoms with van der Waals surface area (Å²) in [7, 11) is 0. The second kappa shape index (κ2) is 14.9. The first kappa shape index (κ1) is 36.6. The van der Waals surface area contributed by atoms with Crippen molar-refractivity contribution in [2.24, 2.45) is 11.8 Å². The van der Waals surface area contributed by atoms with Crippen LogP contribution < -0.4 is 0 Å². The van der Waals surface area contributed by atoms with Gasteiger partial charge in [-0.2, -0.15) is 0 Å². The average Bonchev–Trinajstić information content (AvgIpc) is 3.76. The second-order valence-electron chi connectivity index (χ2n) is 16.8. The highest BCUT2D eigenvalue weighted by Gasteiger charge is 2.39. The van der Waals surface area contributed by atoms with Crippen molar-refractivity contribution < 1.29 is 0 Å². The second-order valence-corrected chi connectivity index (χ2v) is 16.8. The molecular formula is C55H48N4. The molecule has 0 radical (unpaired) electrons. The van der Waals surface area contributed by atoms with E-state index in [2.05, 4.69) is 219 Å². The highest BCUT2D eigenvalue weighted by atomic mass is 15.1. The van der Waals surface area contributed by atoms with Crippen LogP contribution in [0.5, 0.6) is 0 Å². The smallest absolute Gasteiger partial charge is 0.145 e. The maximum absolute atomic E-state index is 5.36. The lowest BCUT2D eigenvalue weighted by Gasteiger charge is -2.37. The van der Waals surface area contributed by atoms with Crippen LogP contribution in [-0.4, -0.2) is 19.1 Å². The first-order valence-corrected chi connectivity index (χ1v) is 21.0. The van der Waals surface area contributed by atoms with E-state index < -0.39 is 5.41 Å². The molecule has 6 aromatic carbocycles. The molecule has 4 heterocycles. The van der Waals surface area contributed by atoms with Gasteiger partial charge in [-0.1, -0.05) is 137 Å². The van der Waals surface area contributed by atoms with Crippen LogP contribution in [0.25, 0.3) is 55.2 Å². The maximum Gasteiger partial charge on any atom is 0.145 e. The summed E-state index contributed by atoms with van der Waals surface area (Å²) in [6.45, 7) is 9.04. The van der Waals surface area contributed by atoms with E-state index in [0.29, 0.717) is 11.8 Å². The van der Waals surface area contributed by atoms with Gasteiger partial charge in [0.2, 0.25) is 0 Å². The summed E-state index contributed by atoms with van der Waals surface area (Å²) in [6, 6.07) is 66.7. The molecule has 0 atom stereocenters. The van der Waals surface area contributed by atoms with Crippen molar-refractivity contribution in [3.8, 4) is 11.4 Å². The SMILES string of the molecule is CC(C)Cc1ccc2c3cc(C(c4ccccc4)(c4ccccc4)c4ccc5c(c4)c4ccc(CC(C)C)nc4n5-c4ccccc4)ccc3n(-c3ccccc3)c2n1. The topological polar surface area (TPSA) is 35.6 Å². The molecule has 59 heavy (non-hydrogen) atoms. The molecule has 0 saturated carbocycles. The van der Waals surface area contributed by atoms with E-state index >= 15 is 0 Å². The minimum absolute atomic E-state index is 0.510. The van der Waals surface area contributed by atoms with E-state index in [1.165, 1.54) is 33.0 Å². The van der Waals surface area contributed by atoms with E-state index in [0.717, 1.165) is 68.7 Å². The predicted octanol–water partition coefficient (Wildman–Crippen LogP) is 13.5. The largest absolute Gasteiger partial charge is 0.294 e. The Labute approximate surface area is 346 Å². The van der Waals surface area contributed by atoms with Crippen molar-refractivity contribution in [3.63, 3.8) is 0 Å². The van der Waals surface area contributed by atoms with Gasteiger partial charge in [-0.15, -0.1) is 0 Å². The van der Waals surface area contributed by atoms with E-state index in [1.807, 2.05) is 0 Å². The van der Waals surface area contributed by atoms with Gasteiger partial charge in [0.05, 0.1) is 16.4 Å². The van der Waals surface area contributed by atoms with Gasteiger partial charge in [-0.3, -0.25) is 9.13 Å². The van der Waals surface area contributed by atoms with Crippen LogP contribution in [-0.2, 0) is 18.3 Å². The summed E-state index contributed by atoms with van der Waals surface area (Å²) >= 11 is 0. The van der Waals surface area contributed by atoms with Crippen LogP contribution in [0.15, 0.2) is 182 Å². The minimum Gasteiger partial charge on any atom is -0.294 e. The lowest BCUT2D eigenvalue weighted by Crippen LogP contribution is -2.31. The Hall–Kier alpha value is -6.78. The average molecular weight is 765 g/mol. The molecule has 4 aromatic heterocycles. The van der Waals surface area contributed by atoms with Crippen molar-refractivity contribution in [1.29, 1.82) is 0 Å². The highest BCUT2D eigenvalue weighted by molar-refractivity contribution is 6.10. The van der Waals surface area contributed by atoms with Gasteiger partial charge in [0, 0.05) is 44.3 Å². The zero-order valence-corrected chi connectivity index (χ0v) is 34.2. The Kier molecular flexibility index (Phi) is 9.21. The fraction of sp³-hybridized carbons (Fsp3) is 0.164. The number of benzene rings is 6. The first-order chi connectivity index (χ1) is 28.9. The lowest BCUT2D eigenvalue weighted by atomic mass is 9.65. The molecule has 0 bridgehead atoms. The van der Waals surface area contributed by atoms with Crippen LogP contribution >= 0.6 is 0 Å². The van der Waals surface area contributed by atoms with Gasteiger partial charge < -0.3 is 0 Å². The number of nitrogens with zero attached hydrogens (tertiary/aromatic N) is 4. The molecule has 0 N–H and O–H groups in total. The quantitative estimate of drug-likeness (QED) is 0.130. The summed E-state index contributed by atoms with van der Waals surface area (Å²) in [5.41, 5.74) is 12.9. The molecule has 4 heteroatoms. The third-order valence-electron chi connectivity index (χ3n) is 11.9. The standard InChI is InChI=1S/C55H48N4/c1-37(2)33-43-27-29-47-49-35-41(25-31-51(49)58(53(47)56-43)45-21-13-7-14-22-45)55(39-17-9-5-10-18-39,40-19-11-6-12-20-40)42-26-32-52-50(36-42)48-30-28-44(34-38(3)4)57-54(48)59(52)46-23-15-8-16-24-46/h5-32,35-38H,33-34H2,1-4H3. The van der Waals surface area contributed by atoms with E-state index in [9.17, 15) is 0 Å². The van der Waals surface area contributed by atoms with Gasteiger partial charge >= 0.3 is 0 Å². The molecule has 0 fully saturated rings. The third kappa shape index (κ3) is 6.22. The Morgan fingerprint density at radius 1 is 0.390 bits per heavy atom. The number of rotatable bonds is 10. The third-order valence-corrected chi connectivity index (χ3v) is 11.9. The van der Waals surface area contributed by atoms with Crippen molar-refractivity contribution in [3.05, 3.63) is 216 Å². The van der Waals surface area contributed by atoms with E-state index in [1.54, 1.807) is 0 Å². The summed E-state index contributed by atoms with van der Waals surface area (Å²) < 4.78 is 4.69. The van der Waals surface area contributed by atoms with E-state index in [4.69, 9.17) is 9.97 Å². The predicted molar refractivity (Wildman–Crippen MR) is 246 cm³/mol. The lowest BCUT2D eigenvalue weighted by molar-refractivity contribution is 0.636. The number of hydrogen-bond acceptors (Lipinski definition) is 2. The van der Waals surface area contributed by atoms with Gasteiger partial charge in [-0.05, 0) is 120 Å². The van der Waals surface area contributed by atoms with Crippen molar-refractivity contribution in [1.82, 2.24) is 19.1 Å². The Morgan fingerprint density at radius 2 is 0.763 bits per heavy atom. The first-order valence-electron chi connectivity index (χ1n) is 21.0. The van der Waals surface area contributed by atoms with Gasteiger partial charge in [0.1, 0.15) is 11.3 Å². The number of pyridine rings is 2. The van der Waals surface area contributed by atoms with Crippen molar-refractivity contribution in [2.75, 3.05) is 0 Å². The number of fused-ring (bicyclic) bond motifs is 6. The number of hydrogen-bond donors (Lipinski definition) is 0. The summed E-state index contributed by atoms with van der Waals surface area (Å²) in [5, 5.41) is 4.67. The molecule has 0 spiro atoms. The Balaban J connectivity index is 1.29. The number of para-hydroxylation sites is 2. The Morgan fingerprint density at radius 3 is 1.14 bits per heavy atom. The molecule has 10 rings (SSSR count). The van der Waals surface area contributed by atoms with E-state index in [-0.39, 0.29) is 0 Å². The van der Waals surface area contributed by atoms with Crippen LogP contribution in [0.1, 0.15) is 61.3 Å². The van der Waals surface area contributed by atoms with Crippen LogP contribution in [0.2, 0.25) is 0 Å². The summed E-state index contributed by atoms with van der Waals surface area (Å²) in [6.07, 6.45) is 1.86. The van der Waals surface area contributed by atoms with Crippen LogP contribution in [0.3, 0.4) is 0 Å². The summed E-state index contributed by atoms with van der Waals surface area (Å²) in [4.78, 5) is 10.7. The molecule has 10 aromatic rings. The molecule has 0 amide bonds. The molecule has 0 aliphatic heterocycles. The Bertz CT molecular complexity index is 2870. The normalized spacial score (nSPS) is 12.2. The zero-order valence-electron chi connectivity index (χ0n) is 34.2. The van der Waals surface area contributed by atoms with Crippen LogP contribution in [0.4, 0.5) is 0 Å². The number of aromatic nitrogens is 4. The zero-order chi connectivity index (χ0) is 40.1. The monoisotopic (exact) mass is 764 g/mol. The molecule has 0 aliphatic carbocycles. The van der Waals surface area contributed by atoms with Crippen LogP contribution in [0, 0.1) is 11.8 Å².